The van der Waals surface area contributed by atoms with Gasteiger partial charge in [0, 0.05) is 24.9 Å². The molecule has 34 heavy (non-hydrogen) atoms. The molecule has 0 bridgehead atoms. The van der Waals surface area contributed by atoms with E-state index in [4.69, 9.17) is 0 Å². The second kappa shape index (κ2) is 9.52. The number of aryl methyl sites for hydroxylation is 3. The summed E-state index contributed by atoms with van der Waals surface area (Å²) in [5, 5.41) is 7.28. The quantitative estimate of drug-likeness (QED) is 0.532. The zero-order chi connectivity index (χ0) is 24.5. The van der Waals surface area contributed by atoms with Gasteiger partial charge in [0.2, 0.25) is 21.8 Å². The Kier molecular flexibility index (Phi) is 6.67. The maximum absolute atomic E-state index is 13.2. The normalized spacial score (nSPS) is 14.0. The van der Waals surface area contributed by atoms with Gasteiger partial charge in [0.15, 0.2) is 0 Å². The van der Waals surface area contributed by atoms with Crippen LogP contribution in [0.2, 0.25) is 0 Å². The van der Waals surface area contributed by atoms with Gasteiger partial charge in [0.1, 0.15) is 5.82 Å². The smallest absolute Gasteiger partial charge is 0.249 e. The first-order valence-electron chi connectivity index (χ1n) is 11.3. The summed E-state index contributed by atoms with van der Waals surface area (Å²) in [6.07, 6.45) is 1.52. The first-order chi connectivity index (χ1) is 16.2. The summed E-state index contributed by atoms with van der Waals surface area (Å²) >= 11 is 0. The van der Waals surface area contributed by atoms with Crippen LogP contribution in [-0.2, 0) is 27.8 Å². The van der Waals surface area contributed by atoms with Crippen LogP contribution in [0.1, 0.15) is 53.4 Å². The van der Waals surface area contributed by atoms with E-state index in [1.807, 2.05) is 38.1 Å². The lowest BCUT2D eigenvalue weighted by molar-refractivity contribution is -0.116. The number of fused-ring (bicyclic) bond motifs is 1. The van der Waals surface area contributed by atoms with Crippen LogP contribution in [0.5, 0.6) is 0 Å². The van der Waals surface area contributed by atoms with E-state index in [9.17, 15) is 18.0 Å². The number of nitrogens with zero attached hydrogens (tertiary/aromatic N) is 2. The average Bonchev–Trinajstić information content (AvgIpc) is 3.08. The molecule has 0 fully saturated rings. The van der Waals surface area contributed by atoms with Gasteiger partial charge in [-0.3, -0.25) is 9.59 Å². The fourth-order valence-electron chi connectivity index (χ4n) is 4.00. The van der Waals surface area contributed by atoms with Crippen LogP contribution in [0.3, 0.4) is 0 Å². The van der Waals surface area contributed by atoms with Gasteiger partial charge in [-0.05, 0) is 43.0 Å². The fraction of sp³-hybridized carbons (Fsp3) is 0.320. The summed E-state index contributed by atoms with van der Waals surface area (Å²) in [5.74, 6) is -0.233. The molecule has 0 radical (unpaired) electrons. The highest BCUT2D eigenvalue weighted by atomic mass is 32.2. The highest BCUT2D eigenvalue weighted by Crippen LogP contribution is 2.36. The second-order valence-electron chi connectivity index (χ2n) is 8.56. The maximum Gasteiger partial charge on any atom is 0.249 e. The Labute approximate surface area is 199 Å². The number of hydrogen-bond acceptors (Lipinski definition) is 5. The first-order valence-corrected chi connectivity index (χ1v) is 12.8. The fourth-order valence-corrected chi connectivity index (χ4v) is 5.29. The van der Waals surface area contributed by atoms with E-state index >= 15 is 0 Å². The molecule has 9 heteroatoms. The highest BCUT2D eigenvalue weighted by molar-refractivity contribution is 7.89. The van der Waals surface area contributed by atoms with Crippen molar-refractivity contribution in [1.29, 1.82) is 0 Å². The van der Waals surface area contributed by atoms with Crippen LogP contribution in [0.4, 0.5) is 5.82 Å². The number of nitrogens with one attached hydrogen (secondary N) is 2. The van der Waals surface area contributed by atoms with Gasteiger partial charge < -0.3 is 5.32 Å². The van der Waals surface area contributed by atoms with Crippen molar-refractivity contribution < 1.29 is 18.0 Å². The third kappa shape index (κ3) is 4.80. The molecule has 4 rings (SSSR count). The van der Waals surface area contributed by atoms with Crippen molar-refractivity contribution in [1.82, 2.24) is 14.5 Å². The maximum atomic E-state index is 13.2. The molecule has 2 aromatic carbocycles. The summed E-state index contributed by atoms with van der Waals surface area (Å²) in [4.78, 5) is 25.0. The number of amides is 1. The zero-order valence-electron chi connectivity index (χ0n) is 19.5. The van der Waals surface area contributed by atoms with E-state index in [0.717, 1.165) is 17.5 Å². The molecule has 3 aromatic rings. The Morgan fingerprint density at radius 1 is 1.06 bits per heavy atom. The van der Waals surface area contributed by atoms with Crippen LogP contribution < -0.4 is 10.0 Å². The van der Waals surface area contributed by atoms with Crippen molar-refractivity contribution in [2.45, 2.75) is 57.9 Å². The minimum Gasteiger partial charge on any atom is -0.310 e. The number of benzene rings is 2. The number of carbonyl (C=O) groups excluding carboxylic acids is 2. The molecule has 0 aliphatic carbocycles. The van der Waals surface area contributed by atoms with Crippen LogP contribution >= 0.6 is 0 Å². The average molecular weight is 481 g/mol. The molecular weight excluding hydrogens is 452 g/mol. The predicted octanol–water partition coefficient (Wildman–Crippen LogP) is 3.97. The van der Waals surface area contributed by atoms with E-state index in [2.05, 4.69) is 15.1 Å². The van der Waals surface area contributed by atoms with E-state index in [1.165, 1.54) is 4.68 Å². The molecule has 2 heterocycles. The van der Waals surface area contributed by atoms with Crippen molar-refractivity contribution in [2.75, 3.05) is 5.32 Å². The van der Waals surface area contributed by atoms with E-state index in [1.54, 1.807) is 25.1 Å². The summed E-state index contributed by atoms with van der Waals surface area (Å²) in [5.41, 5.74) is 4.37. The lowest BCUT2D eigenvalue weighted by atomic mass is 10.0. The molecule has 0 unspecified atom stereocenters. The minimum absolute atomic E-state index is 0.0714. The Morgan fingerprint density at radius 2 is 1.79 bits per heavy atom. The summed E-state index contributed by atoms with van der Waals surface area (Å²) < 4.78 is 30.4. The highest BCUT2D eigenvalue weighted by Gasteiger charge is 2.28. The molecule has 0 saturated heterocycles. The molecule has 1 aliphatic heterocycles. The number of carbonyl (C=O) groups is 2. The van der Waals surface area contributed by atoms with Crippen molar-refractivity contribution in [3.05, 3.63) is 64.8 Å². The molecule has 178 valence electrons. The number of rotatable bonds is 7. The molecule has 0 atom stereocenters. The molecule has 0 saturated carbocycles. The molecule has 1 aliphatic rings. The number of sulfonamides is 1. The van der Waals surface area contributed by atoms with Crippen LogP contribution in [0.15, 0.2) is 47.4 Å². The SMILES string of the molecule is CCCc1nn2c(c1-c1ccc(C)c(S(=O)(=O)NCc3ccc(C)cc3)c1)NC(=O)CCC2=O. The Hall–Kier alpha value is -3.30. The third-order valence-corrected chi connectivity index (χ3v) is 7.40. The van der Waals surface area contributed by atoms with Crippen LogP contribution in [-0.4, -0.2) is 30.0 Å². The largest absolute Gasteiger partial charge is 0.310 e. The molecule has 2 N–H and O–H groups in total. The number of hydrogen-bond donors (Lipinski definition) is 2. The van der Waals surface area contributed by atoms with E-state index in [-0.39, 0.29) is 36.1 Å². The van der Waals surface area contributed by atoms with Gasteiger partial charge in [-0.15, -0.1) is 0 Å². The second-order valence-corrected chi connectivity index (χ2v) is 10.3. The molecule has 1 amide bonds. The van der Waals surface area contributed by atoms with Gasteiger partial charge in [0.25, 0.3) is 0 Å². The number of aromatic nitrogens is 2. The van der Waals surface area contributed by atoms with Crippen molar-refractivity contribution in [3.8, 4) is 11.1 Å². The number of anilines is 1. The Balaban J connectivity index is 1.75. The van der Waals surface area contributed by atoms with Gasteiger partial charge in [-0.25, -0.2) is 13.1 Å². The summed E-state index contributed by atoms with van der Waals surface area (Å²) in [6.45, 7) is 5.87. The standard InChI is InChI=1S/C25H28N4O4S/c1-4-5-20-24(25-27-22(30)12-13-23(31)29(25)28-20)19-11-8-17(3)21(14-19)34(32,33)26-15-18-9-6-16(2)7-10-18/h6-11,14,26H,4-5,12-13,15H2,1-3H3,(H,27,30). The predicted molar refractivity (Wildman–Crippen MR) is 130 cm³/mol. The van der Waals surface area contributed by atoms with Gasteiger partial charge >= 0.3 is 0 Å². The third-order valence-electron chi connectivity index (χ3n) is 5.86. The molecule has 8 nitrogen and oxygen atoms in total. The summed E-state index contributed by atoms with van der Waals surface area (Å²) in [7, 11) is -3.82. The summed E-state index contributed by atoms with van der Waals surface area (Å²) in [6, 6.07) is 12.8. The Bertz CT molecular complexity index is 1360. The van der Waals surface area contributed by atoms with Crippen molar-refractivity contribution in [3.63, 3.8) is 0 Å². The first kappa shape index (κ1) is 23.8. The van der Waals surface area contributed by atoms with Crippen molar-refractivity contribution in [2.24, 2.45) is 0 Å². The van der Waals surface area contributed by atoms with Gasteiger partial charge in [-0.1, -0.05) is 55.3 Å². The lowest BCUT2D eigenvalue weighted by Gasteiger charge is -2.13. The monoisotopic (exact) mass is 480 g/mol. The Morgan fingerprint density at radius 3 is 2.50 bits per heavy atom. The van der Waals surface area contributed by atoms with Gasteiger partial charge in [0.05, 0.1) is 10.6 Å². The van der Waals surface area contributed by atoms with Crippen molar-refractivity contribution >= 4 is 27.7 Å². The molecular formula is C25H28N4O4S. The van der Waals surface area contributed by atoms with E-state index < -0.39 is 10.0 Å². The van der Waals surface area contributed by atoms with Crippen LogP contribution in [0.25, 0.3) is 11.1 Å². The van der Waals surface area contributed by atoms with Crippen LogP contribution in [0, 0.1) is 13.8 Å². The molecule has 1 aromatic heterocycles. The topological polar surface area (TPSA) is 110 Å². The minimum atomic E-state index is -3.82. The lowest BCUT2D eigenvalue weighted by Crippen LogP contribution is -2.24. The zero-order valence-corrected chi connectivity index (χ0v) is 20.3. The van der Waals surface area contributed by atoms with E-state index in [0.29, 0.717) is 34.6 Å². The van der Waals surface area contributed by atoms with Gasteiger partial charge in [-0.2, -0.15) is 9.78 Å². The molecule has 0 spiro atoms.